The molecule has 0 radical (unpaired) electrons. The summed E-state index contributed by atoms with van der Waals surface area (Å²) in [4.78, 5) is 2.22. The Bertz CT molecular complexity index is 343. The van der Waals surface area contributed by atoms with Crippen molar-refractivity contribution in [2.75, 3.05) is 20.3 Å². The lowest BCUT2D eigenvalue weighted by atomic mass is 10.1. The number of likely N-dealkylation sites (N-methyl/N-ethyl adjacent to an activating group) is 1. The van der Waals surface area contributed by atoms with Crippen LogP contribution in [0.4, 0.5) is 0 Å². The van der Waals surface area contributed by atoms with Gasteiger partial charge in [0.15, 0.2) is 0 Å². The second-order valence-electron chi connectivity index (χ2n) is 4.81. The van der Waals surface area contributed by atoms with Crippen molar-refractivity contribution in [3.05, 3.63) is 30.3 Å². The third-order valence-electron chi connectivity index (χ3n) is 3.15. The number of nitrogens with zero attached hydrogens (tertiary/aromatic N) is 1. The first-order valence-electron chi connectivity index (χ1n) is 5.62. The van der Waals surface area contributed by atoms with Gasteiger partial charge in [-0.2, -0.15) is 0 Å². The first-order valence-corrected chi connectivity index (χ1v) is 5.62. The predicted octanol–water partition coefficient (Wildman–Crippen LogP) is 2.75. The van der Waals surface area contributed by atoms with E-state index in [2.05, 4.69) is 25.8 Å². The van der Waals surface area contributed by atoms with Gasteiger partial charge in [0.2, 0.25) is 0 Å². The van der Waals surface area contributed by atoms with Gasteiger partial charge in [-0.05, 0) is 33.0 Å². The first-order chi connectivity index (χ1) is 7.59. The van der Waals surface area contributed by atoms with Crippen molar-refractivity contribution in [2.45, 2.75) is 25.6 Å². The molecular weight excluding hydrogens is 329 g/mol. The van der Waals surface area contributed by atoms with Crippen LogP contribution in [0.5, 0.6) is 5.75 Å². The predicted molar refractivity (Wildman–Crippen MR) is 78.9 cm³/mol. The summed E-state index contributed by atoms with van der Waals surface area (Å²) < 4.78 is 11.4. The van der Waals surface area contributed by atoms with Gasteiger partial charge in [-0.1, -0.05) is 18.2 Å². The average Bonchev–Trinajstić information content (AvgIpc) is 2.54. The standard InChI is InChI=1S/C13H19NO2.HI/c1-13(2)10-16-12(14(13)3)9-15-11-7-5-4-6-8-11;/h4-8,12H,9-10H2,1-3H3;1H. The largest absolute Gasteiger partial charge is 0.489 e. The minimum Gasteiger partial charge on any atom is -0.489 e. The summed E-state index contributed by atoms with van der Waals surface area (Å²) in [6.45, 7) is 5.68. The second kappa shape index (κ2) is 6.02. The molecule has 1 fully saturated rings. The van der Waals surface area contributed by atoms with Crippen molar-refractivity contribution >= 4 is 24.0 Å². The van der Waals surface area contributed by atoms with E-state index in [0.717, 1.165) is 12.4 Å². The molecule has 3 nitrogen and oxygen atoms in total. The lowest BCUT2D eigenvalue weighted by Crippen LogP contribution is -2.43. The maximum atomic E-state index is 5.70. The molecule has 1 atom stereocenters. The van der Waals surface area contributed by atoms with Crippen LogP contribution >= 0.6 is 24.0 Å². The fourth-order valence-electron chi connectivity index (χ4n) is 1.75. The van der Waals surface area contributed by atoms with Gasteiger partial charge in [0.1, 0.15) is 18.6 Å². The normalized spacial score (nSPS) is 23.1. The Kier molecular flexibility index (Phi) is 5.22. The maximum absolute atomic E-state index is 5.70. The van der Waals surface area contributed by atoms with Gasteiger partial charge in [0, 0.05) is 5.54 Å². The molecule has 1 heterocycles. The molecule has 1 aliphatic rings. The Balaban J connectivity index is 0.00000144. The molecule has 0 N–H and O–H groups in total. The van der Waals surface area contributed by atoms with Crippen LogP contribution in [0, 0.1) is 0 Å². The molecule has 1 unspecified atom stereocenters. The summed E-state index contributed by atoms with van der Waals surface area (Å²) in [5.74, 6) is 0.893. The third-order valence-corrected chi connectivity index (χ3v) is 3.15. The number of ether oxygens (including phenoxy) is 2. The zero-order valence-corrected chi connectivity index (χ0v) is 12.9. The topological polar surface area (TPSA) is 21.7 Å². The van der Waals surface area contributed by atoms with Crippen LogP contribution in [-0.4, -0.2) is 36.9 Å². The van der Waals surface area contributed by atoms with Gasteiger partial charge in [0.05, 0.1) is 6.61 Å². The Labute approximate surface area is 120 Å². The second-order valence-corrected chi connectivity index (χ2v) is 4.81. The van der Waals surface area contributed by atoms with E-state index in [0.29, 0.717) is 6.61 Å². The van der Waals surface area contributed by atoms with Crippen molar-refractivity contribution in [3.63, 3.8) is 0 Å². The number of para-hydroxylation sites is 1. The zero-order valence-electron chi connectivity index (χ0n) is 10.6. The number of halogens is 1. The van der Waals surface area contributed by atoms with E-state index in [1.807, 2.05) is 30.3 Å². The minimum atomic E-state index is 0. The quantitative estimate of drug-likeness (QED) is 0.784. The fourth-order valence-corrected chi connectivity index (χ4v) is 1.75. The maximum Gasteiger partial charge on any atom is 0.145 e. The Morgan fingerprint density at radius 2 is 2.00 bits per heavy atom. The SMILES string of the molecule is CN1C(COc2ccccc2)OCC1(C)C.I. The number of rotatable bonds is 3. The molecule has 4 heteroatoms. The van der Waals surface area contributed by atoms with Gasteiger partial charge in [-0.15, -0.1) is 24.0 Å². The highest BCUT2D eigenvalue weighted by atomic mass is 127. The van der Waals surface area contributed by atoms with E-state index in [-0.39, 0.29) is 35.7 Å². The molecule has 1 aromatic rings. The summed E-state index contributed by atoms with van der Waals surface area (Å²) in [7, 11) is 2.08. The molecule has 0 amide bonds. The van der Waals surface area contributed by atoms with E-state index in [1.54, 1.807) is 0 Å². The van der Waals surface area contributed by atoms with Crippen LogP contribution in [0.3, 0.4) is 0 Å². The Morgan fingerprint density at radius 1 is 1.35 bits per heavy atom. The van der Waals surface area contributed by atoms with Gasteiger partial charge >= 0.3 is 0 Å². The summed E-state index contributed by atoms with van der Waals surface area (Å²) in [5.41, 5.74) is 0.102. The van der Waals surface area contributed by atoms with Gasteiger partial charge in [-0.3, -0.25) is 4.90 Å². The van der Waals surface area contributed by atoms with E-state index < -0.39 is 0 Å². The lowest BCUT2D eigenvalue weighted by Gasteiger charge is -2.28. The summed E-state index contributed by atoms with van der Waals surface area (Å²) >= 11 is 0. The van der Waals surface area contributed by atoms with Gasteiger partial charge < -0.3 is 9.47 Å². The van der Waals surface area contributed by atoms with Crippen LogP contribution in [0.1, 0.15) is 13.8 Å². The van der Waals surface area contributed by atoms with Crippen LogP contribution in [-0.2, 0) is 4.74 Å². The zero-order chi connectivity index (χ0) is 11.6. The molecule has 2 rings (SSSR count). The van der Waals surface area contributed by atoms with Crippen molar-refractivity contribution < 1.29 is 9.47 Å². The van der Waals surface area contributed by atoms with Gasteiger partial charge in [-0.25, -0.2) is 0 Å². The number of hydrogen-bond donors (Lipinski definition) is 0. The molecular formula is C13H20INO2. The van der Waals surface area contributed by atoms with E-state index in [9.17, 15) is 0 Å². The van der Waals surface area contributed by atoms with Crippen molar-refractivity contribution in [3.8, 4) is 5.75 Å². The summed E-state index contributed by atoms with van der Waals surface area (Å²) in [6.07, 6.45) is 0.0511. The van der Waals surface area contributed by atoms with E-state index in [4.69, 9.17) is 9.47 Å². The molecule has 0 aromatic heterocycles. The number of hydrogen-bond acceptors (Lipinski definition) is 3. The smallest absolute Gasteiger partial charge is 0.145 e. The third kappa shape index (κ3) is 3.56. The number of benzene rings is 1. The minimum absolute atomic E-state index is 0. The van der Waals surface area contributed by atoms with Crippen molar-refractivity contribution in [1.82, 2.24) is 4.90 Å². The summed E-state index contributed by atoms with van der Waals surface area (Å²) in [5, 5.41) is 0. The molecule has 17 heavy (non-hydrogen) atoms. The molecule has 1 aliphatic heterocycles. The highest BCUT2D eigenvalue weighted by Gasteiger charge is 2.37. The van der Waals surface area contributed by atoms with Gasteiger partial charge in [0.25, 0.3) is 0 Å². The Morgan fingerprint density at radius 3 is 2.53 bits per heavy atom. The fraction of sp³-hybridized carbons (Fsp3) is 0.538. The highest BCUT2D eigenvalue weighted by molar-refractivity contribution is 14.0. The molecule has 1 saturated heterocycles. The van der Waals surface area contributed by atoms with Crippen molar-refractivity contribution in [2.24, 2.45) is 0 Å². The average molecular weight is 349 g/mol. The van der Waals surface area contributed by atoms with E-state index >= 15 is 0 Å². The molecule has 0 bridgehead atoms. The monoisotopic (exact) mass is 349 g/mol. The van der Waals surface area contributed by atoms with Crippen LogP contribution in [0.25, 0.3) is 0 Å². The van der Waals surface area contributed by atoms with E-state index in [1.165, 1.54) is 0 Å². The first kappa shape index (κ1) is 14.7. The molecule has 0 saturated carbocycles. The lowest BCUT2D eigenvalue weighted by molar-refractivity contribution is 0.00339. The molecule has 96 valence electrons. The van der Waals surface area contributed by atoms with Crippen LogP contribution < -0.4 is 4.74 Å². The van der Waals surface area contributed by atoms with Crippen LogP contribution in [0.2, 0.25) is 0 Å². The van der Waals surface area contributed by atoms with Crippen LogP contribution in [0.15, 0.2) is 30.3 Å². The highest BCUT2D eigenvalue weighted by Crippen LogP contribution is 2.25. The molecule has 0 aliphatic carbocycles. The van der Waals surface area contributed by atoms with Crippen molar-refractivity contribution in [1.29, 1.82) is 0 Å². The summed E-state index contributed by atoms with van der Waals surface area (Å²) in [6, 6.07) is 9.84. The Hall–Kier alpha value is -0.330. The molecule has 0 spiro atoms. The molecule has 1 aromatic carbocycles.